The van der Waals surface area contributed by atoms with Crippen LogP contribution >= 0.6 is 40.1 Å². The molecule has 0 radical (unpaired) electrons. The van der Waals surface area contributed by atoms with E-state index in [1.54, 1.807) is 10.8 Å². The molecule has 1 saturated carbocycles. The molecule has 5 fully saturated rings. The molecule has 0 amide bonds. The van der Waals surface area contributed by atoms with Crippen LogP contribution in [0.1, 0.15) is 39.0 Å². The van der Waals surface area contributed by atoms with Crippen molar-refractivity contribution in [2.75, 3.05) is 29.6 Å². The molecule has 0 aromatic heterocycles. The van der Waals surface area contributed by atoms with Crippen molar-refractivity contribution in [2.45, 2.75) is 60.2 Å². The molecule has 3 unspecified atom stereocenters. The third-order valence-electron chi connectivity index (χ3n) is 8.04. The first-order valence-corrected chi connectivity index (χ1v) is 17.0. The Bertz CT molecular complexity index is 643. The summed E-state index contributed by atoms with van der Waals surface area (Å²) < 4.78 is 21.0. The molecule has 4 bridgehead atoms. The Kier molecular flexibility index (Phi) is 3.17. The van der Waals surface area contributed by atoms with Crippen molar-refractivity contribution in [1.82, 2.24) is 4.90 Å². The van der Waals surface area contributed by atoms with E-state index in [0.717, 1.165) is 9.97 Å². The van der Waals surface area contributed by atoms with Gasteiger partial charge in [-0.2, -0.15) is 0 Å². The minimum atomic E-state index is -1.25. The van der Waals surface area contributed by atoms with E-state index in [4.69, 9.17) is 7.80 Å². The van der Waals surface area contributed by atoms with Crippen LogP contribution < -0.4 is 0 Å². The number of nitrogens with zero attached hydrogens (tertiary/aromatic N) is 1. The van der Waals surface area contributed by atoms with E-state index in [0.29, 0.717) is 22.0 Å². The van der Waals surface area contributed by atoms with Gasteiger partial charge in [-0.3, -0.25) is 0 Å². The molecule has 0 aromatic carbocycles. The molecule has 4 saturated heterocycles. The number of likely N-dealkylation sites (tertiary alicyclic amines) is 1. The SMILES string of the molecule is COI1C=CI2CC34CN(C)C3[C@@]35CC[C@@](C)(C[C@@](C4)(C3)C2C1)[OH+]5. The van der Waals surface area contributed by atoms with Crippen molar-refractivity contribution in [3.8, 4) is 0 Å². The summed E-state index contributed by atoms with van der Waals surface area (Å²) in [5.41, 5.74) is 1.92. The van der Waals surface area contributed by atoms with E-state index in [9.17, 15) is 0 Å². The molecular formula is C19H30I2NO2+. The third kappa shape index (κ3) is 1.80. The van der Waals surface area contributed by atoms with Gasteiger partial charge in [0, 0.05) is 0 Å². The number of likely N-dealkylation sites (N-methyl/N-ethyl adjacent to an activating group) is 1. The van der Waals surface area contributed by atoms with Crippen LogP contribution in [0.4, 0.5) is 0 Å². The molecule has 136 valence electrons. The van der Waals surface area contributed by atoms with Gasteiger partial charge in [-0.1, -0.05) is 0 Å². The minimum absolute atomic E-state index is 0.299. The van der Waals surface area contributed by atoms with E-state index >= 15 is 0 Å². The Morgan fingerprint density at radius 1 is 1.17 bits per heavy atom. The predicted molar refractivity (Wildman–Crippen MR) is 115 cm³/mol. The number of rotatable bonds is 1. The summed E-state index contributed by atoms with van der Waals surface area (Å²) in [7, 11) is 4.36. The summed E-state index contributed by atoms with van der Waals surface area (Å²) >= 11 is -2.23. The van der Waals surface area contributed by atoms with Gasteiger partial charge in [0.1, 0.15) is 0 Å². The van der Waals surface area contributed by atoms with Crippen molar-refractivity contribution in [3.05, 3.63) is 8.17 Å². The van der Waals surface area contributed by atoms with Crippen LogP contribution in [-0.2, 0) is 3.07 Å². The number of ether oxygens (including phenoxy) is 1. The average Bonchev–Trinajstić information content (AvgIpc) is 2.76. The van der Waals surface area contributed by atoms with Crippen LogP contribution in [0.5, 0.6) is 0 Å². The fourth-order valence-electron chi connectivity index (χ4n) is 8.08. The second kappa shape index (κ2) is 4.73. The maximum atomic E-state index is 5.95. The van der Waals surface area contributed by atoms with E-state index < -0.39 is 40.1 Å². The van der Waals surface area contributed by atoms with Gasteiger partial charge in [-0.05, 0) is 0 Å². The van der Waals surface area contributed by atoms with Crippen LogP contribution in [0, 0.1) is 10.8 Å². The van der Waals surface area contributed by atoms with E-state index in [2.05, 4.69) is 27.0 Å². The van der Waals surface area contributed by atoms with Crippen LogP contribution in [0.3, 0.4) is 0 Å². The van der Waals surface area contributed by atoms with Crippen molar-refractivity contribution >= 4 is 40.1 Å². The normalized spacial score (nSPS) is 60.5. The average molecular weight is 558 g/mol. The van der Waals surface area contributed by atoms with Crippen molar-refractivity contribution in [2.24, 2.45) is 10.8 Å². The van der Waals surface area contributed by atoms with Crippen LogP contribution in [0.25, 0.3) is 0 Å². The Balaban J connectivity index is 1.50. The zero-order chi connectivity index (χ0) is 16.4. The summed E-state index contributed by atoms with van der Waals surface area (Å²) in [4.78, 5) is 2.70. The summed E-state index contributed by atoms with van der Waals surface area (Å²) in [6.45, 7) is 3.87. The molecule has 1 aliphatic carbocycles. The first-order chi connectivity index (χ1) is 11.4. The van der Waals surface area contributed by atoms with Gasteiger partial charge in [-0.15, -0.1) is 0 Å². The predicted octanol–water partition coefficient (Wildman–Crippen LogP) is 3.73. The zero-order valence-electron chi connectivity index (χ0n) is 15.0. The van der Waals surface area contributed by atoms with E-state index in [1.165, 1.54) is 36.7 Å². The fourth-order valence-corrected chi connectivity index (χ4v) is 27.6. The standard InChI is InChI=1S/C19H29I2NO2/c1-16-4-5-19(24-16)11-17(9-16)10-18(13-22(2)15(18)19)12-20-6-7-21(23-3)8-14(17)20/h6-7,14-15H,4-5,8-13H2,1-3H3/p+1/t14?,15?,16-,17+,18?,19+/m0/s1. The number of halogens is 2. The third-order valence-corrected chi connectivity index (χ3v) is 22.5. The Hall–Kier alpha value is 1.08. The fraction of sp³-hybridized carbons (Fsp3) is 0.895. The maximum absolute atomic E-state index is 5.95. The summed E-state index contributed by atoms with van der Waals surface area (Å²) in [6, 6.07) is 0.783. The van der Waals surface area contributed by atoms with Gasteiger partial charge in [0.25, 0.3) is 0 Å². The first-order valence-electron chi connectivity index (χ1n) is 9.36. The molecule has 6 atom stereocenters. The van der Waals surface area contributed by atoms with Crippen LogP contribution in [0.2, 0.25) is 0 Å². The summed E-state index contributed by atoms with van der Waals surface area (Å²) in [5, 5.41) is 0. The molecule has 24 heavy (non-hydrogen) atoms. The van der Waals surface area contributed by atoms with Gasteiger partial charge in [0.15, 0.2) is 0 Å². The molecule has 1 N–H and O–H groups in total. The van der Waals surface area contributed by atoms with Crippen molar-refractivity contribution in [1.29, 1.82) is 0 Å². The number of hydrogen-bond acceptors (Lipinski definition) is 2. The molecule has 5 aliphatic heterocycles. The molecule has 3 spiro atoms. The molecule has 5 heteroatoms. The molecule has 3 nitrogen and oxygen atoms in total. The Labute approximate surface area is 160 Å². The Morgan fingerprint density at radius 2 is 2.04 bits per heavy atom. The molecular weight excluding hydrogens is 528 g/mol. The zero-order valence-corrected chi connectivity index (χ0v) is 19.3. The monoisotopic (exact) mass is 558 g/mol. The van der Waals surface area contributed by atoms with Gasteiger partial charge < -0.3 is 0 Å². The Morgan fingerprint density at radius 3 is 2.83 bits per heavy atom. The van der Waals surface area contributed by atoms with Crippen molar-refractivity contribution in [3.63, 3.8) is 0 Å². The second-order valence-corrected chi connectivity index (χ2v) is 19.7. The first kappa shape index (κ1) is 16.1. The summed E-state index contributed by atoms with van der Waals surface area (Å²) in [5.74, 6) is 0. The van der Waals surface area contributed by atoms with Crippen LogP contribution in [0.15, 0.2) is 8.17 Å². The number of hydrogen-bond donors (Lipinski definition) is 0. The number of aliphatic hydroxyl groups is 2. The van der Waals surface area contributed by atoms with Gasteiger partial charge in [0.2, 0.25) is 0 Å². The van der Waals surface area contributed by atoms with Gasteiger partial charge in [0.05, 0.1) is 0 Å². The molecule has 6 aliphatic rings. The molecule has 5 heterocycles. The van der Waals surface area contributed by atoms with Crippen LogP contribution in [-0.4, -0.2) is 60.4 Å². The molecule has 0 aromatic rings. The topological polar surface area (TPSA) is 25.3 Å². The number of fused-ring (bicyclic) bond motifs is 2. The van der Waals surface area contributed by atoms with E-state index in [-0.39, 0.29) is 0 Å². The molecule has 6 rings (SSSR count). The van der Waals surface area contributed by atoms with Gasteiger partial charge >= 0.3 is 162 Å². The quantitative estimate of drug-likeness (QED) is 0.279. The second-order valence-electron chi connectivity index (χ2n) is 9.73. The van der Waals surface area contributed by atoms with Gasteiger partial charge in [-0.25, -0.2) is 0 Å². The summed E-state index contributed by atoms with van der Waals surface area (Å²) in [6.07, 6.45) is 7.14. The van der Waals surface area contributed by atoms with Crippen molar-refractivity contribution < 1.29 is 7.80 Å². The number of alkyl halides is 3. The van der Waals surface area contributed by atoms with E-state index in [1.807, 2.05) is 7.11 Å².